The Kier molecular flexibility index (Phi) is 2.54. The lowest BCUT2D eigenvalue weighted by Crippen LogP contribution is -2.05. The van der Waals surface area contributed by atoms with E-state index in [0.717, 1.165) is 0 Å². The Morgan fingerprint density at radius 3 is 2.57 bits per heavy atom. The molecule has 14 heavy (non-hydrogen) atoms. The summed E-state index contributed by atoms with van der Waals surface area (Å²) in [6.45, 7) is 0. The van der Waals surface area contributed by atoms with Gasteiger partial charge in [0.15, 0.2) is 0 Å². The van der Waals surface area contributed by atoms with Crippen LogP contribution in [-0.2, 0) is 0 Å². The number of aromatic nitrogens is 1. The fraction of sp³-hybridized carbons (Fsp3) is 0.167. The molecule has 0 fully saturated rings. The van der Waals surface area contributed by atoms with Crippen molar-refractivity contribution in [3.63, 3.8) is 0 Å². The molecule has 76 valence electrons. The van der Waals surface area contributed by atoms with Crippen molar-refractivity contribution in [2.75, 3.05) is 5.73 Å². The summed E-state index contributed by atoms with van der Waals surface area (Å²) >= 11 is 0. The van der Waals surface area contributed by atoms with Crippen LogP contribution in [0.25, 0.3) is 0 Å². The van der Waals surface area contributed by atoms with Crippen LogP contribution in [0.2, 0.25) is 0 Å². The van der Waals surface area contributed by atoms with Crippen molar-refractivity contribution in [3.8, 4) is 0 Å². The van der Waals surface area contributed by atoms with Gasteiger partial charge in [-0.3, -0.25) is 10.1 Å². The monoisotopic (exact) mass is 207 g/mol. The topological polar surface area (TPSA) is 82.0 Å². The van der Waals surface area contributed by atoms with Gasteiger partial charge < -0.3 is 5.73 Å². The molecule has 1 heterocycles. The molecule has 8 heteroatoms. The summed E-state index contributed by atoms with van der Waals surface area (Å²) in [4.78, 5) is 11.8. The van der Waals surface area contributed by atoms with E-state index in [1.54, 1.807) is 0 Å². The van der Waals surface area contributed by atoms with Gasteiger partial charge in [-0.1, -0.05) is 0 Å². The molecule has 1 rings (SSSR count). The molecule has 0 amide bonds. The Bertz CT molecular complexity index is 383. The molecule has 0 saturated carbocycles. The second-order valence-electron chi connectivity index (χ2n) is 2.32. The zero-order valence-electron chi connectivity index (χ0n) is 6.58. The van der Waals surface area contributed by atoms with Gasteiger partial charge in [0.1, 0.15) is 5.69 Å². The number of hydrogen-bond donors (Lipinski definition) is 1. The van der Waals surface area contributed by atoms with Crippen LogP contribution in [0, 0.1) is 16.1 Å². The standard InChI is InChI=1S/C6H4F3N3O2/c7-5(8)2-1-11-6(9)4(3(2)10)12(13)14/h1,5H,(H2,10,11). The predicted octanol–water partition coefficient (Wildman–Crippen LogP) is 1.65. The van der Waals surface area contributed by atoms with Crippen LogP contribution < -0.4 is 5.73 Å². The molecule has 5 nitrogen and oxygen atoms in total. The minimum atomic E-state index is -3.03. The van der Waals surface area contributed by atoms with Gasteiger partial charge >= 0.3 is 5.69 Å². The van der Waals surface area contributed by atoms with E-state index in [-0.39, 0.29) is 0 Å². The number of halogens is 3. The van der Waals surface area contributed by atoms with Crippen LogP contribution >= 0.6 is 0 Å². The first-order chi connectivity index (χ1) is 6.45. The summed E-state index contributed by atoms with van der Waals surface area (Å²) < 4.78 is 36.9. The number of alkyl halides is 2. The third-order valence-corrected chi connectivity index (χ3v) is 1.50. The Labute approximate surface area is 75.5 Å². The minimum absolute atomic E-state index is 0.475. The number of hydrogen-bond acceptors (Lipinski definition) is 4. The highest BCUT2D eigenvalue weighted by molar-refractivity contribution is 5.62. The van der Waals surface area contributed by atoms with Crippen LogP contribution in [0.15, 0.2) is 6.20 Å². The summed E-state index contributed by atoms with van der Waals surface area (Å²) in [5, 5.41) is 10.2. The Morgan fingerprint density at radius 1 is 1.57 bits per heavy atom. The first-order valence-electron chi connectivity index (χ1n) is 3.31. The number of pyridine rings is 1. The zero-order valence-corrected chi connectivity index (χ0v) is 6.58. The highest BCUT2D eigenvalue weighted by Gasteiger charge is 2.26. The maximum atomic E-state index is 12.7. The van der Waals surface area contributed by atoms with Crippen LogP contribution in [0.1, 0.15) is 12.0 Å². The highest BCUT2D eigenvalue weighted by atomic mass is 19.3. The van der Waals surface area contributed by atoms with Crippen molar-refractivity contribution < 1.29 is 18.1 Å². The Hall–Kier alpha value is -1.86. The van der Waals surface area contributed by atoms with Crippen molar-refractivity contribution in [2.24, 2.45) is 0 Å². The second-order valence-corrected chi connectivity index (χ2v) is 2.32. The van der Waals surface area contributed by atoms with Crippen molar-refractivity contribution in [3.05, 3.63) is 27.8 Å². The van der Waals surface area contributed by atoms with Gasteiger partial charge in [-0.2, -0.15) is 4.39 Å². The number of nitrogen functional groups attached to an aromatic ring is 1. The SMILES string of the molecule is Nc1c(C(F)F)cnc(F)c1[N+](=O)[O-]. The van der Waals surface area contributed by atoms with Crippen LogP contribution in [0.5, 0.6) is 0 Å². The van der Waals surface area contributed by atoms with Crippen molar-refractivity contribution >= 4 is 11.4 Å². The first-order valence-corrected chi connectivity index (χ1v) is 3.31. The summed E-state index contributed by atoms with van der Waals surface area (Å²) in [6, 6.07) is 0. The summed E-state index contributed by atoms with van der Waals surface area (Å²) in [5.41, 5.74) is 2.02. The number of nitrogens with zero attached hydrogens (tertiary/aromatic N) is 2. The largest absolute Gasteiger partial charge is 0.393 e. The van der Waals surface area contributed by atoms with Crippen molar-refractivity contribution in [1.29, 1.82) is 0 Å². The van der Waals surface area contributed by atoms with E-state index >= 15 is 0 Å². The predicted molar refractivity (Wildman–Crippen MR) is 40.2 cm³/mol. The van der Waals surface area contributed by atoms with Crippen molar-refractivity contribution in [1.82, 2.24) is 4.98 Å². The van der Waals surface area contributed by atoms with Gasteiger partial charge in [-0.25, -0.2) is 13.8 Å². The number of anilines is 1. The molecule has 0 aromatic carbocycles. The molecular weight excluding hydrogens is 203 g/mol. The van der Waals surface area contributed by atoms with E-state index in [0.29, 0.717) is 6.20 Å². The maximum Gasteiger partial charge on any atom is 0.347 e. The number of nitrogens with two attached hydrogens (primary N) is 1. The van der Waals surface area contributed by atoms with Gasteiger partial charge in [-0.05, 0) is 0 Å². The third-order valence-electron chi connectivity index (χ3n) is 1.50. The smallest absolute Gasteiger partial charge is 0.347 e. The van der Waals surface area contributed by atoms with Gasteiger partial charge in [0.05, 0.1) is 10.5 Å². The van der Waals surface area contributed by atoms with E-state index < -0.39 is 34.2 Å². The molecule has 0 aliphatic heterocycles. The molecule has 0 spiro atoms. The molecule has 1 aromatic heterocycles. The molecule has 2 N–H and O–H groups in total. The molecule has 0 unspecified atom stereocenters. The van der Waals surface area contributed by atoms with Gasteiger partial charge in [-0.15, -0.1) is 0 Å². The lowest BCUT2D eigenvalue weighted by molar-refractivity contribution is -0.387. The summed E-state index contributed by atoms with van der Waals surface area (Å²) in [6.07, 6.45) is -2.55. The summed E-state index contributed by atoms with van der Waals surface area (Å²) in [5.74, 6) is -1.48. The fourth-order valence-corrected chi connectivity index (χ4v) is 0.852. The normalized spacial score (nSPS) is 10.6. The highest BCUT2D eigenvalue weighted by Crippen LogP contribution is 2.32. The lowest BCUT2D eigenvalue weighted by Gasteiger charge is -2.03. The van der Waals surface area contributed by atoms with E-state index in [4.69, 9.17) is 5.73 Å². The quantitative estimate of drug-likeness (QED) is 0.454. The number of rotatable bonds is 2. The average Bonchev–Trinajstić information content (AvgIpc) is 2.02. The molecule has 0 aliphatic rings. The van der Waals surface area contributed by atoms with Gasteiger partial charge in [0, 0.05) is 6.20 Å². The average molecular weight is 207 g/mol. The lowest BCUT2D eigenvalue weighted by atomic mass is 10.2. The van der Waals surface area contributed by atoms with E-state index in [1.165, 1.54) is 0 Å². The van der Waals surface area contributed by atoms with Crippen LogP contribution in [-0.4, -0.2) is 9.91 Å². The van der Waals surface area contributed by atoms with Crippen LogP contribution in [0.3, 0.4) is 0 Å². The molecule has 0 saturated heterocycles. The van der Waals surface area contributed by atoms with E-state index in [1.807, 2.05) is 0 Å². The first kappa shape index (κ1) is 10.2. The van der Waals surface area contributed by atoms with E-state index in [2.05, 4.69) is 4.98 Å². The number of nitro groups is 1. The molecule has 0 bridgehead atoms. The Morgan fingerprint density at radius 2 is 2.14 bits per heavy atom. The van der Waals surface area contributed by atoms with Gasteiger partial charge in [0.25, 0.3) is 12.4 Å². The Balaban J connectivity index is 3.41. The molecule has 0 radical (unpaired) electrons. The molecule has 0 aliphatic carbocycles. The van der Waals surface area contributed by atoms with Crippen LogP contribution in [0.4, 0.5) is 24.5 Å². The fourth-order valence-electron chi connectivity index (χ4n) is 0.852. The second kappa shape index (κ2) is 3.48. The van der Waals surface area contributed by atoms with Gasteiger partial charge in [0.2, 0.25) is 0 Å². The minimum Gasteiger partial charge on any atom is -0.393 e. The molecular formula is C6H4F3N3O2. The maximum absolute atomic E-state index is 12.7. The summed E-state index contributed by atoms with van der Waals surface area (Å²) in [7, 11) is 0. The zero-order chi connectivity index (χ0) is 10.9. The van der Waals surface area contributed by atoms with E-state index in [9.17, 15) is 23.3 Å². The third kappa shape index (κ3) is 1.58. The molecule has 0 atom stereocenters. The van der Waals surface area contributed by atoms with Crippen molar-refractivity contribution in [2.45, 2.75) is 6.43 Å². The molecule has 1 aromatic rings.